The number of rotatable bonds is 10. The fourth-order valence-electron chi connectivity index (χ4n) is 10.2. The van der Waals surface area contributed by atoms with E-state index in [-0.39, 0.29) is 0 Å². The average Bonchev–Trinajstić information content (AvgIpc) is 3.44. The Balaban J connectivity index is 1.05. The Bertz CT molecular complexity index is 3660. The van der Waals surface area contributed by atoms with E-state index in [2.05, 4.69) is 290 Å². The van der Waals surface area contributed by atoms with Crippen LogP contribution in [0.3, 0.4) is 0 Å². The molecule has 69 heavy (non-hydrogen) atoms. The number of hydrogen-bond acceptors (Lipinski definition) is 1. The second-order valence-electron chi connectivity index (χ2n) is 17.6. The smallest absolute Gasteiger partial charge is 0.0618 e. The topological polar surface area (TPSA) is 3.24 Å². The molecule has 0 N–H and O–H groups in total. The molecule has 324 valence electrons. The molecule has 0 unspecified atom stereocenters. The normalized spacial score (nSPS) is 11.2. The number of fused-ring (bicyclic) bond motifs is 3. The molecule has 12 aromatic rings. The van der Waals surface area contributed by atoms with Crippen LogP contribution in [0.25, 0.3) is 99.4 Å². The molecule has 12 rings (SSSR count). The molecule has 1 heteroatoms. The molecule has 0 saturated heterocycles. The molecule has 0 aliphatic heterocycles. The highest BCUT2D eigenvalue weighted by Crippen LogP contribution is 2.49. The van der Waals surface area contributed by atoms with Gasteiger partial charge in [-0.15, -0.1) is 0 Å². The summed E-state index contributed by atoms with van der Waals surface area (Å²) in [7, 11) is 0. The van der Waals surface area contributed by atoms with Gasteiger partial charge in [-0.3, -0.25) is 0 Å². The van der Waals surface area contributed by atoms with Crippen molar-refractivity contribution in [2.45, 2.75) is 0 Å². The van der Waals surface area contributed by atoms with Crippen LogP contribution in [0.1, 0.15) is 0 Å². The summed E-state index contributed by atoms with van der Waals surface area (Å²) in [4.78, 5) is 2.47. The first-order valence-electron chi connectivity index (χ1n) is 23.7. The zero-order chi connectivity index (χ0) is 45.9. The lowest BCUT2D eigenvalue weighted by Gasteiger charge is -2.31. The molecule has 0 saturated carbocycles. The highest BCUT2D eigenvalue weighted by atomic mass is 15.1. The van der Waals surface area contributed by atoms with E-state index in [1.807, 2.05) is 0 Å². The van der Waals surface area contributed by atoms with Crippen molar-refractivity contribution >= 4 is 38.6 Å². The summed E-state index contributed by atoms with van der Waals surface area (Å²) in [5, 5.41) is 4.97. The van der Waals surface area contributed by atoms with Gasteiger partial charge in [0.05, 0.1) is 5.69 Å². The molecule has 0 atom stereocenters. The summed E-state index contributed by atoms with van der Waals surface area (Å²) < 4.78 is 0. The van der Waals surface area contributed by atoms with Crippen molar-refractivity contribution in [2.75, 3.05) is 4.90 Å². The zero-order valence-corrected chi connectivity index (χ0v) is 38.1. The van der Waals surface area contributed by atoms with Crippen molar-refractivity contribution < 1.29 is 0 Å². The van der Waals surface area contributed by atoms with Gasteiger partial charge in [-0.25, -0.2) is 0 Å². The Kier molecular flexibility index (Phi) is 11.0. The van der Waals surface area contributed by atoms with Gasteiger partial charge < -0.3 is 4.90 Å². The minimum Gasteiger partial charge on any atom is -0.309 e. The third kappa shape index (κ3) is 7.97. The van der Waals surface area contributed by atoms with Crippen LogP contribution in [0.2, 0.25) is 0 Å². The van der Waals surface area contributed by atoms with Gasteiger partial charge >= 0.3 is 0 Å². The maximum Gasteiger partial charge on any atom is 0.0618 e. The largest absolute Gasteiger partial charge is 0.309 e. The van der Waals surface area contributed by atoms with Crippen molar-refractivity contribution in [1.29, 1.82) is 0 Å². The predicted octanol–water partition coefficient (Wildman–Crippen LogP) is 19.1. The van der Waals surface area contributed by atoms with Crippen molar-refractivity contribution in [1.82, 2.24) is 0 Å². The van der Waals surface area contributed by atoms with Crippen LogP contribution in [0, 0.1) is 0 Å². The van der Waals surface area contributed by atoms with Gasteiger partial charge in [0, 0.05) is 22.5 Å². The number of benzene rings is 12. The minimum absolute atomic E-state index is 1.07. The Morgan fingerprint density at radius 2 is 0.551 bits per heavy atom. The molecule has 0 amide bonds. The lowest BCUT2D eigenvalue weighted by atomic mass is 9.84. The summed E-state index contributed by atoms with van der Waals surface area (Å²) in [6, 6.07) is 104. The summed E-state index contributed by atoms with van der Waals surface area (Å²) in [5.41, 5.74) is 19.9. The summed E-state index contributed by atoms with van der Waals surface area (Å²) in [6.07, 6.45) is 0. The first-order valence-corrected chi connectivity index (χ1v) is 23.7. The lowest BCUT2D eigenvalue weighted by molar-refractivity contribution is 1.28. The SMILES string of the molecule is c1ccc(-c2ccc(-c3ccc(N(c4cccc(-c5ccc6c(c5)c(-c5ccccc5)c(-c5ccccc5)c5ccccc56)c4)c4c(-c5ccccc5)cccc4-c4ccccc4)cc3)cc2)cc1. The van der Waals surface area contributed by atoms with Gasteiger partial charge in [-0.05, 0) is 119 Å². The Hall–Kier alpha value is -9.04. The van der Waals surface area contributed by atoms with Gasteiger partial charge in [0.2, 0.25) is 0 Å². The maximum absolute atomic E-state index is 2.47. The number of nitrogens with zero attached hydrogens (tertiary/aromatic N) is 1. The predicted molar refractivity (Wildman–Crippen MR) is 294 cm³/mol. The van der Waals surface area contributed by atoms with E-state index in [0.717, 1.165) is 50.4 Å². The van der Waals surface area contributed by atoms with Crippen LogP contribution in [0.4, 0.5) is 17.1 Å². The van der Waals surface area contributed by atoms with E-state index in [9.17, 15) is 0 Å². The monoisotopic (exact) mass is 877 g/mol. The Labute approximate surface area is 404 Å². The highest BCUT2D eigenvalue weighted by Gasteiger charge is 2.23. The summed E-state index contributed by atoms with van der Waals surface area (Å²) in [6.45, 7) is 0. The second-order valence-corrected chi connectivity index (χ2v) is 17.6. The van der Waals surface area contributed by atoms with Crippen LogP contribution in [0.15, 0.2) is 285 Å². The summed E-state index contributed by atoms with van der Waals surface area (Å²) in [5.74, 6) is 0. The third-order valence-corrected chi connectivity index (χ3v) is 13.5. The fourth-order valence-corrected chi connectivity index (χ4v) is 10.2. The highest BCUT2D eigenvalue weighted by molar-refractivity contribution is 6.22. The average molecular weight is 878 g/mol. The fraction of sp³-hybridized carbons (Fsp3) is 0. The lowest BCUT2D eigenvalue weighted by Crippen LogP contribution is -2.13. The van der Waals surface area contributed by atoms with Crippen molar-refractivity contribution in [3.63, 3.8) is 0 Å². The molecule has 0 bridgehead atoms. The van der Waals surface area contributed by atoms with Crippen LogP contribution < -0.4 is 4.90 Å². The van der Waals surface area contributed by atoms with E-state index in [4.69, 9.17) is 0 Å². The molecule has 0 spiro atoms. The molecule has 0 fully saturated rings. The molecular formula is C68H47N. The minimum atomic E-state index is 1.07. The molecule has 12 aromatic carbocycles. The van der Waals surface area contributed by atoms with Gasteiger partial charge in [-0.2, -0.15) is 0 Å². The van der Waals surface area contributed by atoms with E-state index < -0.39 is 0 Å². The van der Waals surface area contributed by atoms with Crippen LogP contribution in [-0.4, -0.2) is 0 Å². The van der Waals surface area contributed by atoms with E-state index >= 15 is 0 Å². The van der Waals surface area contributed by atoms with E-state index in [0.29, 0.717) is 0 Å². The number of anilines is 3. The van der Waals surface area contributed by atoms with Crippen LogP contribution in [-0.2, 0) is 0 Å². The first kappa shape index (κ1) is 41.4. The van der Waals surface area contributed by atoms with Gasteiger partial charge in [0.1, 0.15) is 0 Å². The van der Waals surface area contributed by atoms with E-state index in [1.54, 1.807) is 0 Å². The molecule has 0 aliphatic rings. The third-order valence-electron chi connectivity index (χ3n) is 13.5. The van der Waals surface area contributed by atoms with Crippen LogP contribution >= 0.6 is 0 Å². The van der Waals surface area contributed by atoms with Gasteiger partial charge in [-0.1, -0.05) is 255 Å². The number of para-hydroxylation sites is 1. The molecule has 0 radical (unpaired) electrons. The van der Waals surface area contributed by atoms with Crippen molar-refractivity contribution in [3.05, 3.63) is 285 Å². The summed E-state index contributed by atoms with van der Waals surface area (Å²) >= 11 is 0. The molecule has 0 aromatic heterocycles. The Morgan fingerprint density at radius 3 is 1.09 bits per heavy atom. The van der Waals surface area contributed by atoms with Crippen LogP contribution in [0.5, 0.6) is 0 Å². The maximum atomic E-state index is 2.47. The second kappa shape index (κ2) is 18.3. The molecule has 0 heterocycles. The molecule has 1 nitrogen and oxygen atoms in total. The van der Waals surface area contributed by atoms with Crippen molar-refractivity contribution in [2.24, 2.45) is 0 Å². The van der Waals surface area contributed by atoms with Crippen molar-refractivity contribution in [3.8, 4) is 77.9 Å². The van der Waals surface area contributed by atoms with E-state index in [1.165, 1.54) is 66.1 Å². The van der Waals surface area contributed by atoms with Gasteiger partial charge in [0.15, 0.2) is 0 Å². The van der Waals surface area contributed by atoms with Gasteiger partial charge in [0.25, 0.3) is 0 Å². The molecule has 0 aliphatic carbocycles. The first-order chi connectivity index (χ1) is 34.2. The zero-order valence-electron chi connectivity index (χ0n) is 38.1. The Morgan fingerprint density at radius 1 is 0.188 bits per heavy atom. The number of hydrogen-bond donors (Lipinski definition) is 0. The molecular weight excluding hydrogens is 831 g/mol. The standard InChI is InChI=1S/C68H47N/c1-6-20-48(21-7-1)49-36-38-50(39-37-49)51-40-43-58(44-41-51)69(68-60(52-22-8-2-9-23-52)34-19-35-61(68)53-24-10-3-11-25-53)59-31-18-30-56(46-59)57-42-45-63-62-32-16-17-33-64(62)66(54-26-12-4-13-27-54)67(65(63)47-57)55-28-14-5-15-29-55/h1-47H. The quantitative estimate of drug-likeness (QED) is 0.124.